The van der Waals surface area contributed by atoms with Crippen LogP contribution in [-0.4, -0.2) is 49.1 Å². The van der Waals surface area contributed by atoms with Crippen LogP contribution in [0.1, 0.15) is 48.7 Å². The molecule has 2 heterocycles. The Kier molecular flexibility index (Phi) is 9.90. The molecule has 1 fully saturated rings. The molecule has 1 aliphatic rings. The van der Waals surface area contributed by atoms with Gasteiger partial charge in [-0.25, -0.2) is 9.98 Å². The van der Waals surface area contributed by atoms with Gasteiger partial charge in [-0.3, -0.25) is 4.90 Å². The third-order valence-electron chi connectivity index (χ3n) is 5.31. The van der Waals surface area contributed by atoms with E-state index in [0.29, 0.717) is 12.4 Å². The van der Waals surface area contributed by atoms with Gasteiger partial charge in [0.15, 0.2) is 5.96 Å². The maximum absolute atomic E-state index is 5.65. The van der Waals surface area contributed by atoms with Crippen molar-refractivity contribution in [3.05, 3.63) is 47.2 Å². The van der Waals surface area contributed by atoms with Crippen molar-refractivity contribution in [1.29, 1.82) is 0 Å². The highest BCUT2D eigenvalue weighted by Gasteiger charge is 2.24. The van der Waals surface area contributed by atoms with E-state index in [4.69, 9.17) is 9.15 Å². The van der Waals surface area contributed by atoms with Crippen molar-refractivity contribution in [3.63, 3.8) is 0 Å². The number of aryl methyl sites for hydroxylation is 2. The maximum atomic E-state index is 5.65. The second-order valence-corrected chi connectivity index (χ2v) is 7.36. The Balaban J connectivity index is 0.00000320. The molecule has 7 nitrogen and oxygen atoms in total. The fourth-order valence-corrected chi connectivity index (χ4v) is 3.65. The van der Waals surface area contributed by atoms with Crippen LogP contribution in [0.4, 0.5) is 0 Å². The summed E-state index contributed by atoms with van der Waals surface area (Å²) in [5, 5.41) is 6.83. The van der Waals surface area contributed by atoms with Crippen molar-refractivity contribution in [2.45, 2.75) is 46.2 Å². The van der Waals surface area contributed by atoms with Crippen LogP contribution in [0.5, 0.6) is 5.75 Å². The molecule has 0 spiro atoms. The Morgan fingerprint density at radius 1 is 1.27 bits per heavy atom. The molecule has 1 saturated heterocycles. The molecule has 2 N–H and O–H groups in total. The Labute approximate surface area is 196 Å². The molecule has 2 aromatic rings. The number of likely N-dealkylation sites (tertiary alicyclic amines) is 1. The van der Waals surface area contributed by atoms with Gasteiger partial charge in [0.25, 0.3) is 0 Å². The van der Waals surface area contributed by atoms with Crippen molar-refractivity contribution < 1.29 is 9.15 Å². The lowest BCUT2D eigenvalue weighted by Gasteiger charge is -2.29. The van der Waals surface area contributed by atoms with E-state index in [9.17, 15) is 0 Å². The van der Waals surface area contributed by atoms with E-state index in [1.807, 2.05) is 19.9 Å². The number of rotatable bonds is 8. The van der Waals surface area contributed by atoms with Gasteiger partial charge in [0.1, 0.15) is 18.1 Å². The van der Waals surface area contributed by atoms with Crippen molar-refractivity contribution >= 4 is 29.9 Å². The first-order valence-electron chi connectivity index (χ1n) is 10.4. The minimum atomic E-state index is 0. The van der Waals surface area contributed by atoms with Crippen molar-refractivity contribution in [3.8, 4) is 5.75 Å². The first kappa shape index (κ1) is 24.5. The SMILES string of the molecule is CCNC(=NCc1nc(C)c(C)o1)NCC(c1cccc(OC)c1)N1CCCC1.I. The monoisotopic (exact) mass is 527 g/mol. The van der Waals surface area contributed by atoms with E-state index >= 15 is 0 Å². The zero-order valence-electron chi connectivity index (χ0n) is 18.4. The third kappa shape index (κ3) is 6.60. The molecule has 3 rings (SSSR count). The molecule has 1 unspecified atom stereocenters. The van der Waals surface area contributed by atoms with Crippen LogP contribution in [0.2, 0.25) is 0 Å². The fourth-order valence-electron chi connectivity index (χ4n) is 3.65. The zero-order valence-corrected chi connectivity index (χ0v) is 20.7. The standard InChI is InChI=1S/C22H33N5O2.HI/c1-5-23-22(25-15-21-26-16(2)17(3)29-21)24-14-20(27-11-6-7-12-27)18-9-8-10-19(13-18)28-4;/h8-10,13,20H,5-7,11-12,14-15H2,1-4H3,(H2,23,24,25);1H. The van der Waals surface area contributed by atoms with E-state index in [1.165, 1.54) is 18.4 Å². The highest BCUT2D eigenvalue weighted by molar-refractivity contribution is 14.0. The number of benzene rings is 1. The molecule has 1 aliphatic heterocycles. The number of methoxy groups -OCH3 is 1. The van der Waals surface area contributed by atoms with Crippen LogP contribution in [0, 0.1) is 13.8 Å². The van der Waals surface area contributed by atoms with Crippen molar-refractivity contribution in [1.82, 2.24) is 20.5 Å². The predicted octanol–water partition coefficient (Wildman–Crippen LogP) is 3.81. The molecular formula is C22H34IN5O2. The number of aliphatic imine (C=N–C) groups is 1. The van der Waals surface area contributed by atoms with Gasteiger partial charge in [-0.15, -0.1) is 24.0 Å². The third-order valence-corrected chi connectivity index (χ3v) is 5.31. The number of guanidine groups is 1. The lowest BCUT2D eigenvalue weighted by Crippen LogP contribution is -2.42. The highest BCUT2D eigenvalue weighted by Crippen LogP contribution is 2.27. The van der Waals surface area contributed by atoms with Crippen LogP contribution in [0.25, 0.3) is 0 Å². The van der Waals surface area contributed by atoms with Gasteiger partial charge in [0.2, 0.25) is 5.89 Å². The van der Waals surface area contributed by atoms with Gasteiger partial charge in [-0.2, -0.15) is 0 Å². The van der Waals surface area contributed by atoms with E-state index in [0.717, 1.165) is 49.3 Å². The van der Waals surface area contributed by atoms with Gasteiger partial charge >= 0.3 is 0 Å². The Bertz CT molecular complexity index is 798. The zero-order chi connectivity index (χ0) is 20.6. The van der Waals surface area contributed by atoms with Gasteiger partial charge in [0.05, 0.1) is 18.8 Å². The molecule has 0 amide bonds. The summed E-state index contributed by atoms with van der Waals surface area (Å²) in [4.78, 5) is 11.6. The number of ether oxygens (including phenoxy) is 1. The van der Waals surface area contributed by atoms with Gasteiger partial charge in [-0.05, 0) is 64.4 Å². The first-order chi connectivity index (χ1) is 14.1. The normalized spacial score (nSPS) is 15.5. The number of nitrogens with one attached hydrogen (secondary N) is 2. The van der Waals surface area contributed by atoms with E-state index in [-0.39, 0.29) is 30.0 Å². The number of oxazole rings is 1. The summed E-state index contributed by atoms with van der Waals surface area (Å²) in [7, 11) is 1.71. The summed E-state index contributed by atoms with van der Waals surface area (Å²) >= 11 is 0. The molecule has 0 saturated carbocycles. The Morgan fingerprint density at radius 2 is 2.03 bits per heavy atom. The molecule has 0 radical (unpaired) electrons. The quantitative estimate of drug-likeness (QED) is 0.309. The summed E-state index contributed by atoms with van der Waals surface area (Å²) < 4.78 is 11.1. The molecule has 30 heavy (non-hydrogen) atoms. The summed E-state index contributed by atoms with van der Waals surface area (Å²) in [6.45, 7) is 10.1. The van der Waals surface area contributed by atoms with E-state index in [2.05, 4.69) is 50.6 Å². The average molecular weight is 527 g/mol. The number of hydrogen-bond acceptors (Lipinski definition) is 5. The number of hydrogen-bond donors (Lipinski definition) is 2. The molecule has 1 atom stereocenters. The van der Waals surface area contributed by atoms with Crippen LogP contribution in [0.15, 0.2) is 33.7 Å². The maximum Gasteiger partial charge on any atom is 0.216 e. The van der Waals surface area contributed by atoms with Crippen molar-refractivity contribution in [2.75, 3.05) is 33.3 Å². The molecule has 166 valence electrons. The van der Waals surface area contributed by atoms with Gasteiger partial charge in [-0.1, -0.05) is 12.1 Å². The lowest BCUT2D eigenvalue weighted by molar-refractivity contribution is 0.245. The number of aromatic nitrogens is 1. The molecular weight excluding hydrogens is 493 g/mol. The molecule has 8 heteroatoms. The predicted molar refractivity (Wildman–Crippen MR) is 131 cm³/mol. The van der Waals surface area contributed by atoms with Crippen LogP contribution in [0.3, 0.4) is 0 Å². The van der Waals surface area contributed by atoms with E-state index in [1.54, 1.807) is 7.11 Å². The second-order valence-electron chi connectivity index (χ2n) is 7.36. The lowest BCUT2D eigenvalue weighted by atomic mass is 10.1. The molecule has 0 bridgehead atoms. The summed E-state index contributed by atoms with van der Waals surface area (Å²) in [5.74, 6) is 3.15. The van der Waals surface area contributed by atoms with Gasteiger partial charge < -0.3 is 19.8 Å². The number of halogens is 1. The minimum absolute atomic E-state index is 0. The number of nitrogens with zero attached hydrogens (tertiary/aromatic N) is 3. The minimum Gasteiger partial charge on any atom is -0.497 e. The fraction of sp³-hybridized carbons (Fsp3) is 0.545. The largest absolute Gasteiger partial charge is 0.497 e. The van der Waals surface area contributed by atoms with Crippen molar-refractivity contribution in [2.24, 2.45) is 4.99 Å². The first-order valence-corrected chi connectivity index (χ1v) is 10.4. The summed E-state index contributed by atoms with van der Waals surface area (Å²) in [5.41, 5.74) is 2.17. The highest BCUT2D eigenvalue weighted by atomic mass is 127. The smallest absolute Gasteiger partial charge is 0.216 e. The Morgan fingerprint density at radius 3 is 2.67 bits per heavy atom. The van der Waals surface area contributed by atoms with Crippen LogP contribution < -0.4 is 15.4 Å². The van der Waals surface area contributed by atoms with E-state index < -0.39 is 0 Å². The summed E-state index contributed by atoms with van der Waals surface area (Å²) in [6.07, 6.45) is 2.50. The Hall–Kier alpha value is -1.81. The molecule has 0 aliphatic carbocycles. The molecule has 1 aromatic heterocycles. The topological polar surface area (TPSA) is 74.9 Å². The second kappa shape index (κ2) is 12.1. The average Bonchev–Trinajstić information content (AvgIpc) is 3.36. The van der Waals surface area contributed by atoms with Gasteiger partial charge in [0, 0.05) is 13.1 Å². The van der Waals surface area contributed by atoms with Crippen LogP contribution in [-0.2, 0) is 6.54 Å². The molecule has 1 aromatic carbocycles. The van der Waals surface area contributed by atoms with Crippen LogP contribution >= 0.6 is 24.0 Å². The summed E-state index contributed by atoms with van der Waals surface area (Å²) in [6, 6.07) is 8.62.